The van der Waals surface area contributed by atoms with Crippen LogP contribution >= 0.6 is 0 Å². The van der Waals surface area contributed by atoms with Gasteiger partial charge >= 0.3 is 6.16 Å². The highest BCUT2D eigenvalue weighted by atomic mass is 16.7. The van der Waals surface area contributed by atoms with Gasteiger partial charge in [0.1, 0.15) is 5.75 Å². The van der Waals surface area contributed by atoms with Crippen LogP contribution in [0.4, 0.5) is 4.79 Å². The van der Waals surface area contributed by atoms with Crippen molar-refractivity contribution in [3.8, 4) is 5.75 Å². The second-order valence-corrected chi connectivity index (χ2v) is 3.43. The molecule has 0 aromatic heterocycles. The molecule has 90 valence electrons. The molecule has 0 heterocycles. The number of benzene rings is 1. The highest BCUT2D eigenvalue weighted by Gasteiger charge is 2.08. The fourth-order valence-corrected chi connectivity index (χ4v) is 1.26. The summed E-state index contributed by atoms with van der Waals surface area (Å²) >= 11 is 0. The minimum atomic E-state index is -0.687. The zero-order valence-electron chi connectivity index (χ0n) is 10.3. The number of hydrogen-bond donors (Lipinski definition) is 0. The van der Waals surface area contributed by atoms with Crippen molar-refractivity contribution >= 4 is 12.2 Å². The molecule has 0 aliphatic heterocycles. The van der Waals surface area contributed by atoms with Crippen molar-refractivity contribution in [2.24, 2.45) is 0 Å². The van der Waals surface area contributed by atoms with Crippen LogP contribution in [0.2, 0.25) is 0 Å². The molecule has 0 amide bonds. The molecule has 0 saturated carbocycles. The molecule has 0 atom stereocenters. The average Bonchev–Trinajstić information content (AvgIpc) is 2.28. The summed E-state index contributed by atoms with van der Waals surface area (Å²) in [5, 5.41) is 0. The van der Waals surface area contributed by atoms with Crippen molar-refractivity contribution in [2.75, 3.05) is 6.61 Å². The maximum Gasteiger partial charge on any atom is 0.513 e. The first kappa shape index (κ1) is 13.1. The Hall–Kier alpha value is -1.99. The molecule has 1 aromatic rings. The predicted molar refractivity (Wildman–Crippen MR) is 67.1 cm³/mol. The lowest BCUT2D eigenvalue weighted by atomic mass is 10.1. The van der Waals surface area contributed by atoms with Crippen molar-refractivity contribution in [3.63, 3.8) is 0 Å². The van der Waals surface area contributed by atoms with Gasteiger partial charge in [-0.25, -0.2) is 4.79 Å². The van der Waals surface area contributed by atoms with Gasteiger partial charge < -0.3 is 9.47 Å². The molecule has 0 bridgehead atoms. The quantitative estimate of drug-likeness (QED) is 0.452. The molecule has 0 aliphatic rings. The number of aryl methyl sites for hydroxylation is 1. The van der Waals surface area contributed by atoms with Crippen molar-refractivity contribution < 1.29 is 14.3 Å². The number of ether oxygens (including phenoxy) is 2. The van der Waals surface area contributed by atoms with Gasteiger partial charge in [0.15, 0.2) is 0 Å². The van der Waals surface area contributed by atoms with Gasteiger partial charge in [-0.1, -0.05) is 12.1 Å². The molecule has 3 nitrogen and oxygen atoms in total. The summed E-state index contributed by atoms with van der Waals surface area (Å²) in [6.07, 6.45) is 2.86. The Balaban J connectivity index is 2.98. The molecular formula is C14H16O3. The zero-order chi connectivity index (χ0) is 12.7. The third-order valence-corrected chi connectivity index (χ3v) is 2.03. The SMILES string of the molecule is CC=C=Cc1ccc(C)cc1OC(=O)OCC. The Labute approximate surface area is 101 Å². The number of carbonyl (C=O) groups is 1. The second-order valence-electron chi connectivity index (χ2n) is 3.43. The van der Waals surface area contributed by atoms with Crippen LogP contribution in [0, 0.1) is 6.92 Å². The van der Waals surface area contributed by atoms with Crippen LogP contribution in [-0.4, -0.2) is 12.8 Å². The lowest BCUT2D eigenvalue weighted by Gasteiger charge is -2.07. The first-order valence-corrected chi connectivity index (χ1v) is 5.49. The second kappa shape index (κ2) is 6.56. The fraction of sp³-hybridized carbons (Fsp3) is 0.286. The van der Waals surface area contributed by atoms with Crippen molar-refractivity contribution in [3.05, 3.63) is 41.1 Å². The molecule has 0 N–H and O–H groups in total. The molecule has 0 unspecified atom stereocenters. The fourth-order valence-electron chi connectivity index (χ4n) is 1.26. The van der Waals surface area contributed by atoms with Crippen molar-refractivity contribution in [1.29, 1.82) is 0 Å². The van der Waals surface area contributed by atoms with Crippen LogP contribution in [0.25, 0.3) is 6.08 Å². The van der Waals surface area contributed by atoms with Gasteiger partial charge in [-0.05, 0) is 44.6 Å². The van der Waals surface area contributed by atoms with Gasteiger partial charge in [0.2, 0.25) is 0 Å². The van der Waals surface area contributed by atoms with Crippen molar-refractivity contribution in [2.45, 2.75) is 20.8 Å². The van der Waals surface area contributed by atoms with Crippen LogP contribution in [0.5, 0.6) is 5.75 Å². The van der Waals surface area contributed by atoms with E-state index >= 15 is 0 Å². The Morgan fingerprint density at radius 1 is 1.47 bits per heavy atom. The summed E-state index contributed by atoms with van der Waals surface area (Å²) in [7, 11) is 0. The average molecular weight is 232 g/mol. The summed E-state index contributed by atoms with van der Waals surface area (Å²) in [6, 6.07) is 5.61. The third-order valence-electron chi connectivity index (χ3n) is 2.03. The minimum absolute atomic E-state index is 0.296. The summed E-state index contributed by atoms with van der Waals surface area (Å²) in [4.78, 5) is 11.3. The van der Waals surface area contributed by atoms with Crippen molar-refractivity contribution in [1.82, 2.24) is 0 Å². The van der Waals surface area contributed by atoms with Crippen LogP contribution < -0.4 is 4.74 Å². The lowest BCUT2D eigenvalue weighted by molar-refractivity contribution is 0.104. The van der Waals surface area contributed by atoms with Gasteiger partial charge in [0.25, 0.3) is 0 Å². The number of hydrogen-bond acceptors (Lipinski definition) is 3. The smallest absolute Gasteiger partial charge is 0.434 e. The first-order chi connectivity index (χ1) is 8.17. The van der Waals surface area contributed by atoms with E-state index in [2.05, 4.69) is 5.73 Å². The van der Waals surface area contributed by atoms with Gasteiger partial charge in [0.05, 0.1) is 6.61 Å². The Morgan fingerprint density at radius 3 is 2.88 bits per heavy atom. The number of rotatable bonds is 3. The first-order valence-electron chi connectivity index (χ1n) is 5.49. The summed E-state index contributed by atoms with van der Waals surface area (Å²) in [6.45, 7) is 5.83. The lowest BCUT2D eigenvalue weighted by Crippen LogP contribution is -2.10. The zero-order valence-corrected chi connectivity index (χ0v) is 10.3. The molecule has 0 aliphatic carbocycles. The van der Waals surface area contributed by atoms with E-state index in [0.717, 1.165) is 11.1 Å². The van der Waals surface area contributed by atoms with E-state index in [-0.39, 0.29) is 0 Å². The normalized spacial score (nSPS) is 9.12. The Morgan fingerprint density at radius 2 is 2.24 bits per heavy atom. The molecule has 0 radical (unpaired) electrons. The van der Waals surface area contributed by atoms with Crippen LogP contribution in [-0.2, 0) is 4.74 Å². The van der Waals surface area contributed by atoms with E-state index in [1.54, 1.807) is 25.1 Å². The van der Waals surface area contributed by atoms with E-state index < -0.39 is 6.16 Å². The third kappa shape index (κ3) is 4.17. The molecule has 1 aromatic carbocycles. The monoisotopic (exact) mass is 232 g/mol. The largest absolute Gasteiger partial charge is 0.513 e. The van der Waals surface area contributed by atoms with Gasteiger partial charge in [-0.2, -0.15) is 0 Å². The Bertz CT molecular complexity index is 455. The molecule has 0 spiro atoms. The number of allylic oxidation sites excluding steroid dienone is 1. The molecule has 3 heteroatoms. The molecular weight excluding hydrogens is 216 g/mol. The van der Waals surface area contributed by atoms with E-state index in [1.807, 2.05) is 26.0 Å². The summed E-state index contributed by atoms with van der Waals surface area (Å²) in [5.74, 6) is 0.484. The predicted octanol–water partition coefficient (Wildman–Crippen LogP) is 3.72. The van der Waals surface area contributed by atoms with E-state index in [4.69, 9.17) is 9.47 Å². The summed E-state index contributed by atoms with van der Waals surface area (Å²) < 4.78 is 9.86. The number of carbonyl (C=O) groups excluding carboxylic acids is 1. The summed E-state index contributed by atoms with van der Waals surface area (Å²) in [5.41, 5.74) is 4.76. The van der Waals surface area contributed by atoms with Gasteiger partial charge in [-0.15, -0.1) is 5.73 Å². The molecule has 1 rings (SSSR count). The topological polar surface area (TPSA) is 35.5 Å². The highest BCUT2D eigenvalue weighted by molar-refractivity contribution is 5.68. The van der Waals surface area contributed by atoms with E-state index in [1.165, 1.54) is 0 Å². The van der Waals surface area contributed by atoms with E-state index in [0.29, 0.717) is 12.4 Å². The molecule has 17 heavy (non-hydrogen) atoms. The van der Waals surface area contributed by atoms with Crippen LogP contribution in [0.15, 0.2) is 30.0 Å². The van der Waals surface area contributed by atoms with Gasteiger partial charge in [0, 0.05) is 5.56 Å². The van der Waals surface area contributed by atoms with Crippen LogP contribution in [0.1, 0.15) is 25.0 Å². The standard InChI is InChI=1S/C14H16O3/c1-4-6-7-12-9-8-11(3)10-13(12)17-14(15)16-5-2/h4,7-10H,5H2,1-3H3. The highest BCUT2D eigenvalue weighted by Crippen LogP contribution is 2.22. The maximum atomic E-state index is 11.3. The Kier molecular flexibility index (Phi) is 5.05. The molecule has 0 saturated heterocycles. The molecule has 0 fully saturated rings. The minimum Gasteiger partial charge on any atom is -0.434 e. The van der Waals surface area contributed by atoms with Crippen LogP contribution in [0.3, 0.4) is 0 Å². The van der Waals surface area contributed by atoms with E-state index in [9.17, 15) is 4.79 Å². The van der Waals surface area contributed by atoms with Gasteiger partial charge in [-0.3, -0.25) is 0 Å². The maximum absolute atomic E-state index is 11.3.